The van der Waals surface area contributed by atoms with Gasteiger partial charge in [0.25, 0.3) is 0 Å². The van der Waals surface area contributed by atoms with Crippen molar-refractivity contribution >= 4 is 34.7 Å². The molecular weight excluding hydrogens is 401 g/mol. The van der Waals surface area contributed by atoms with E-state index >= 15 is 0 Å². The summed E-state index contributed by atoms with van der Waals surface area (Å²) < 4.78 is 42.7. The third-order valence-corrected chi connectivity index (χ3v) is 5.18. The molecule has 138 valence electrons. The van der Waals surface area contributed by atoms with E-state index in [9.17, 15) is 18.0 Å². The number of allylic oxidation sites excluding steroid dienone is 2. The van der Waals surface area contributed by atoms with E-state index in [4.69, 9.17) is 11.6 Å². The van der Waals surface area contributed by atoms with Crippen molar-refractivity contribution in [1.82, 2.24) is 14.8 Å². The van der Waals surface area contributed by atoms with Gasteiger partial charge >= 0.3 is 6.18 Å². The minimum Gasteiger partial charge on any atom is -0.320 e. The minimum atomic E-state index is -4.77. The van der Waals surface area contributed by atoms with Crippen LogP contribution in [0.1, 0.15) is 21.3 Å². The molecule has 0 unspecified atom stereocenters. The van der Waals surface area contributed by atoms with Crippen LogP contribution in [0.4, 0.5) is 19.1 Å². The summed E-state index contributed by atoms with van der Waals surface area (Å²) >= 11 is 6.98. The van der Waals surface area contributed by atoms with Crippen molar-refractivity contribution in [3.8, 4) is 0 Å². The van der Waals surface area contributed by atoms with Gasteiger partial charge in [-0.05, 0) is 29.1 Å². The van der Waals surface area contributed by atoms with E-state index in [1.165, 1.54) is 10.7 Å². The van der Waals surface area contributed by atoms with Crippen molar-refractivity contribution in [2.75, 3.05) is 5.32 Å². The standard InChI is InChI=1S/C17H10ClF3N4OS/c18-10-5-3-9(4-6-10)13-12(14(26)11-2-1-7-27-11)15(17(19,20)21)24-16-22-8-23-25(13)16/h1-8,13H,(H,22,23,24)/t13-/m0/s1. The lowest BCUT2D eigenvalue weighted by atomic mass is 9.91. The highest BCUT2D eigenvalue weighted by atomic mass is 35.5. The molecule has 4 rings (SSSR count). The van der Waals surface area contributed by atoms with Crippen LogP contribution in [0.3, 0.4) is 0 Å². The second kappa shape index (κ2) is 6.50. The average molecular weight is 411 g/mol. The third kappa shape index (κ3) is 3.13. The summed E-state index contributed by atoms with van der Waals surface area (Å²) in [7, 11) is 0. The first-order chi connectivity index (χ1) is 12.9. The number of hydrogen-bond acceptors (Lipinski definition) is 5. The smallest absolute Gasteiger partial charge is 0.320 e. The predicted molar refractivity (Wildman–Crippen MR) is 95.0 cm³/mol. The summed E-state index contributed by atoms with van der Waals surface area (Å²) in [5, 5.41) is 8.31. The Balaban J connectivity index is 1.97. The third-order valence-electron chi connectivity index (χ3n) is 4.06. The Morgan fingerprint density at radius 1 is 1.22 bits per heavy atom. The number of hydrogen-bond donors (Lipinski definition) is 1. The lowest BCUT2D eigenvalue weighted by molar-refractivity contribution is -0.0918. The Hall–Kier alpha value is -2.65. The van der Waals surface area contributed by atoms with Gasteiger partial charge in [0.2, 0.25) is 11.7 Å². The summed E-state index contributed by atoms with van der Waals surface area (Å²) in [6, 6.07) is 8.25. The summed E-state index contributed by atoms with van der Waals surface area (Å²) in [6.07, 6.45) is -3.64. The van der Waals surface area contributed by atoms with Gasteiger partial charge in [0, 0.05) is 5.02 Å². The number of anilines is 1. The summed E-state index contributed by atoms with van der Waals surface area (Å²) in [6.45, 7) is 0. The van der Waals surface area contributed by atoms with Crippen molar-refractivity contribution in [2.24, 2.45) is 0 Å². The van der Waals surface area contributed by atoms with Gasteiger partial charge in [-0.25, -0.2) is 4.68 Å². The Labute approximate surface area is 160 Å². The lowest BCUT2D eigenvalue weighted by Gasteiger charge is -2.30. The highest BCUT2D eigenvalue weighted by molar-refractivity contribution is 7.12. The number of Topliss-reactive ketones (excluding diaryl/α,β-unsaturated/α-hetero) is 1. The van der Waals surface area contributed by atoms with Gasteiger partial charge in [0.15, 0.2) is 0 Å². The van der Waals surface area contributed by atoms with Gasteiger partial charge in [-0.15, -0.1) is 11.3 Å². The number of halogens is 4. The highest BCUT2D eigenvalue weighted by Crippen LogP contribution is 2.42. The van der Waals surface area contributed by atoms with Gasteiger partial charge in [-0.3, -0.25) is 4.79 Å². The molecule has 2 aromatic heterocycles. The number of nitrogens with one attached hydrogen (secondary N) is 1. The van der Waals surface area contributed by atoms with Crippen LogP contribution in [0.2, 0.25) is 5.02 Å². The first-order valence-corrected chi connectivity index (χ1v) is 8.93. The SMILES string of the molecule is O=C(C1=C(C(F)(F)F)Nc2ncnn2[C@H]1c1ccc(Cl)cc1)c1cccs1. The van der Waals surface area contributed by atoms with Crippen LogP contribution in [-0.4, -0.2) is 26.7 Å². The summed E-state index contributed by atoms with van der Waals surface area (Å²) in [4.78, 5) is 17.1. The number of thiophene rings is 1. The first-order valence-electron chi connectivity index (χ1n) is 7.68. The van der Waals surface area contributed by atoms with E-state index in [0.717, 1.165) is 17.7 Å². The maximum Gasteiger partial charge on any atom is 0.431 e. The average Bonchev–Trinajstić information content (AvgIpc) is 3.31. The van der Waals surface area contributed by atoms with Crippen LogP contribution in [0.15, 0.2) is 59.4 Å². The maximum atomic E-state index is 13.8. The molecule has 0 aliphatic carbocycles. The fourth-order valence-corrected chi connectivity index (χ4v) is 3.73. The number of aromatic nitrogens is 3. The normalized spacial score (nSPS) is 16.8. The van der Waals surface area contributed by atoms with Crippen LogP contribution in [0.25, 0.3) is 0 Å². The molecule has 0 radical (unpaired) electrons. The first kappa shape index (κ1) is 17.7. The van der Waals surface area contributed by atoms with Crippen molar-refractivity contribution in [2.45, 2.75) is 12.2 Å². The second-order valence-electron chi connectivity index (χ2n) is 5.70. The number of ketones is 1. The quantitative estimate of drug-likeness (QED) is 0.635. The number of fused-ring (bicyclic) bond motifs is 1. The Morgan fingerprint density at radius 2 is 1.96 bits per heavy atom. The zero-order chi connectivity index (χ0) is 19.2. The van der Waals surface area contributed by atoms with E-state index in [2.05, 4.69) is 15.4 Å². The van der Waals surface area contributed by atoms with Gasteiger partial charge < -0.3 is 5.32 Å². The number of carbonyl (C=O) groups excluding carboxylic acids is 1. The predicted octanol–water partition coefficient (Wildman–Crippen LogP) is 4.71. The zero-order valence-corrected chi connectivity index (χ0v) is 14.9. The molecule has 1 aliphatic heterocycles. The molecule has 1 atom stereocenters. The van der Waals surface area contributed by atoms with Crippen LogP contribution in [0.5, 0.6) is 0 Å². The molecule has 0 saturated carbocycles. The number of rotatable bonds is 3. The largest absolute Gasteiger partial charge is 0.431 e. The second-order valence-corrected chi connectivity index (χ2v) is 7.08. The summed E-state index contributed by atoms with van der Waals surface area (Å²) in [5.74, 6) is -0.809. The molecule has 1 N–H and O–H groups in total. The van der Waals surface area contributed by atoms with Crippen LogP contribution in [0, 0.1) is 0 Å². The van der Waals surface area contributed by atoms with Crippen molar-refractivity contribution in [3.63, 3.8) is 0 Å². The monoisotopic (exact) mass is 410 g/mol. The number of nitrogens with zero attached hydrogens (tertiary/aromatic N) is 3. The van der Waals surface area contributed by atoms with E-state index < -0.39 is 29.3 Å². The van der Waals surface area contributed by atoms with E-state index in [1.807, 2.05) is 0 Å². The molecule has 0 fully saturated rings. The van der Waals surface area contributed by atoms with Gasteiger partial charge in [0.05, 0.1) is 10.5 Å². The number of carbonyl (C=O) groups is 1. The molecule has 0 spiro atoms. The fourth-order valence-electron chi connectivity index (χ4n) is 2.92. The van der Waals surface area contributed by atoms with E-state index in [-0.39, 0.29) is 10.8 Å². The number of benzene rings is 1. The molecule has 0 saturated heterocycles. The van der Waals surface area contributed by atoms with Gasteiger partial charge in [0.1, 0.15) is 18.1 Å². The summed E-state index contributed by atoms with van der Waals surface area (Å²) in [5.41, 5.74) is -1.14. The molecule has 0 bridgehead atoms. The van der Waals surface area contributed by atoms with Crippen LogP contribution >= 0.6 is 22.9 Å². The lowest BCUT2D eigenvalue weighted by Crippen LogP contribution is -2.35. The van der Waals surface area contributed by atoms with E-state index in [0.29, 0.717) is 10.6 Å². The van der Waals surface area contributed by atoms with Crippen molar-refractivity contribution in [3.05, 3.63) is 74.8 Å². The van der Waals surface area contributed by atoms with E-state index in [1.54, 1.807) is 35.7 Å². The Kier molecular flexibility index (Phi) is 4.27. The molecule has 5 nitrogen and oxygen atoms in total. The Bertz CT molecular complexity index is 1030. The highest BCUT2D eigenvalue weighted by Gasteiger charge is 2.46. The van der Waals surface area contributed by atoms with Crippen LogP contribution in [-0.2, 0) is 0 Å². The number of alkyl halides is 3. The molecule has 3 aromatic rings. The Morgan fingerprint density at radius 3 is 2.59 bits per heavy atom. The molecule has 27 heavy (non-hydrogen) atoms. The van der Waals surface area contributed by atoms with Crippen molar-refractivity contribution < 1.29 is 18.0 Å². The molecule has 1 aliphatic rings. The van der Waals surface area contributed by atoms with Gasteiger partial charge in [-0.1, -0.05) is 29.8 Å². The molecule has 10 heteroatoms. The zero-order valence-electron chi connectivity index (χ0n) is 13.4. The molecular formula is C17H10ClF3N4OS. The van der Waals surface area contributed by atoms with Gasteiger partial charge in [-0.2, -0.15) is 23.3 Å². The minimum absolute atomic E-state index is 0.0926. The van der Waals surface area contributed by atoms with Crippen molar-refractivity contribution in [1.29, 1.82) is 0 Å². The topological polar surface area (TPSA) is 59.8 Å². The van der Waals surface area contributed by atoms with Crippen LogP contribution < -0.4 is 5.32 Å². The fraction of sp³-hybridized carbons (Fsp3) is 0.118. The molecule has 1 aromatic carbocycles. The maximum absolute atomic E-state index is 13.8. The molecule has 0 amide bonds. The molecule has 3 heterocycles.